The molecule has 1 amide bonds. The van der Waals surface area contributed by atoms with E-state index in [4.69, 9.17) is 11.6 Å². The third kappa shape index (κ3) is 4.37. The number of benzene rings is 2. The van der Waals surface area contributed by atoms with Gasteiger partial charge in [0.15, 0.2) is 0 Å². The fraction of sp³-hybridized carbons (Fsp3) is 0.176. The Balaban J connectivity index is 2.48. The molecular formula is C17H17ClN2O4S. The number of hydrogen-bond acceptors (Lipinski definition) is 4. The summed E-state index contributed by atoms with van der Waals surface area (Å²) < 4.78 is 27.1. The zero-order chi connectivity index (χ0) is 18.6. The Morgan fingerprint density at radius 1 is 1.04 bits per heavy atom. The summed E-state index contributed by atoms with van der Waals surface area (Å²) in [6.45, 7) is 2.78. The lowest BCUT2D eigenvalue weighted by Gasteiger charge is -2.28. The van der Waals surface area contributed by atoms with E-state index in [2.05, 4.69) is 5.32 Å². The van der Waals surface area contributed by atoms with Gasteiger partial charge >= 0.3 is 0 Å². The second kappa shape index (κ2) is 7.67. The molecule has 2 rings (SSSR count). The van der Waals surface area contributed by atoms with Crippen molar-refractivity contribution in [2.45, 2.75) is 24.8 Å². The van der Waals surface area contributed by atoms with Crippen molar-refractivity contribution in [1.29, 1.82) is 0 Å². The van der Waals surface area contributed by atoms with E-state index in [-0.39, 0.29) is 10.8 Å². The van der Waals surface area contributed by atoms with Crippen LogP contribution in [0.1, 0.15) is 13.8 Å². The molecule has 0 aliphatic heterocycles. The van der Waals surface area contributed by atoms with Crippen molar-refractivity contribution < 1.29 is 18.0 Å². The molecule has 0 radical (unpaired) electrons. The molecule has 6 nitrogen and oxygen atoms in total. The predicted octanol–water partition coefficient (Wildman–Crippen LogP) is 2.99. The molecule has 0 bridgehead atoms. The van der Waals surface area contributed by atoms with Crippen LogP contribution in [0.5, 0.6) is 0 Å². The molecule has 0 spiro atoms. The largest absolute Gasteiger partial charge is 0.326 e. The van der Waals surface area contributed by atoms with Gasteiger partial charge in [-0.3, -0.25) is 13.9 Å². The monoisotopic (exact) mass is 380 g/mol. The first kappa shape index (κ1) is 19.0. The van der Waals surface area contributed by atoms with Gasteiger partial charge in [0, 0.05) is 12.6 Å². The van der Waals surface area contributed by atoms with Gasteiger partial charge in [-0.2, -0.15) is 0 Å². The van der Waals surface area contributed by atoms with Gasteiger partial charge in [0.2, 0.25) is 11.1 Å². The minimum absolute atomic E-state index is 0.0183. The number of halogens is 1. The van der Waals surface area contributed by atoms with E-state index in [1.54, 1.807) is 30.3 Å². The zero-order valence-corrected chi connectivity index (χ0v) is 15.2. The van der Waals surface area contributed by atoms with Crippen LogP contribution in [-0.4, -0.2) is 25.6 Å². The van der Waals surface area contributed by atoms with Gasteiger partial charge in [-0.05, 0) is 54.9 Å². The van der Waals surface area contributed by atoms with Crippen molar-refractivity contribution in [3.63, 3.8) is 0 Å². The van der Waals surface area contributed by atoms with E-state index in [0.717, 1.165) is 4.31 Å². The maximum Gasteiger partial charge on any atom is 0.265 e. The lowest BCUT2D eigenvalue weighted by molar-refractivity contribution is -0.114. The molecule has 0 aromatic heterocycles. The van der Waals surface area contributed by atoms with Crippen LogP contribution in [0.3, 0.4) is 0 Å². The van der Waals surface area contributed by atoms with Crippen molar-refractivity contribution in [3.8, 4) is 0 Å². The molecule has 1 N–H and O–H groups in total. The van der Waals surface area contributed by atoms with E-state index in [1.807, 2.05) is 0 Å². The number of hydrogen-bond donors (Lipinski definition) is 1. The number of amides is 1. The van der Waals surface area contributed by atoms with E-state index in [9.17, 15) is 18.0 Å². The number of anilines is 2. The summed E-state index contributed by atoms with van der Waals surface area (Å²) in [4.78, 5) is 22.7. The van der Waals surface area contributed by atoms with Crippen molar-refractivity contribution >= 4 is 44.1 Å². The summed E-state index contributed by atoms with van der Waals surface area (Å²) >= 11 is 5.56. The highest BCUT2D eigenvalue weighted by molar-refractivity contribution is 7.93. The van der Waals surface area contributed by atoms with E-state index in [1.165, 1.54) is 38.1 Å². The Labute approximate surface area is 151 Å². The fourth-order valence-corrected chi connectivity index (χ4v) is 4.04. The third-order valence-electron chi connectivity index (χ3n) is 3.42. The van der Waals surface area contributed by atoms with Gasteiger partial charge < -0.3 is 5.32 Å². The van der Waals surface area contributed by atoms with Crippen LogP contribution in [-0.2, 0) is 19.6 Å². The van der Waals surface area contributed by atoms with Gasteiger partial charge in [-0.25, -0.2) is 8.42 Å². The molecule has 0 saturated carbocycles. The van der Waals surface area contributed by atoms with Crippen LogP contribution in [0.2, 0.25) is 0 Å². The van der Waals surface area contributed by atoms with Crippen molar-refractivity contribution in [2.24, 2.45) is 0 Å². The van der Waals surface area contributed by atoms with Crippen molar-refractivity contribution in [3.05, 3.63) is 54.6 Å². The Hall–Kier alpha value is -2.38. The fourth-order valence-electron chi connectivity index (χ4n) is 2.26. The average molecular weight is 381 g/mol. The maximum atomic E-state index is 13.0. The molecular weight excluding hydrogens is 364 g/mol. The highest BCUT2D eigenvalue weighted by Crippen LogP contribution is 2.27. The second-order valence-corrected chi connectivity index (χ2v) is 7.51. The normalized spacial score (nSPS) is 12.3. The Morgan fingerprint density at radius 3 is 2.08 bits per heavy atom. The number of carbonyl (C=O) groups excluding carboxylic acids is 2. The highest BCUT2D eigenvalue weighted by atomic mass is 35.5. The molecule has 8 heteroatoms. The first-order valence-corrected chi connectivity index (χ1v) is 9.22. The van der Waals surface area contributed by atoms with E-state index >= 15 is 0 Å². The smallest absolute Gasteiger partial charge is 0.265 e. The first-order valence-electron chi connectivity index (χ1n) is 7.40. The van der Waals surface area contributed by atoms with E-state index in [0.29, 0.717) is 11.4 Å². The molecule has 0 saturated heterocycles. The summed E-state index contributed by atoms with van der Waals surface area (Å²) in [7, 11) is -4.03. The van der Waals surface area contributed by atoms with Gasteiger partial charge in [0.05, 0.1) is 10.6 Å². The van der Waals surface area contributed by atoms with Crippen LogP contribution < -0.4 is 9.62 Å². The Kier molecular flexibility index (Phi) is 5.81. The van der Waals surface area contributed by atoms with Crippen LogP contribution >= 0.6 is 11.6 Å². The molecule has 0 fully saturated rings. The number of nitrogens with one attached hydrogen (secondary N) is 1. The topological polar surface area (TPSA) is 83.6 Å². The zero-order valence-electron chi connectivity index (χ0n) is 13.6. The highest BCUT2D eigenvalue weighted by Gasteiger charge is 2.32. The molecule has 132 valence electrons. The predicted molar refractivity (Wildman–Crippen MR) is 97.2 cm³/mol. The van der Waals surface area contributed by atoms with Gasteiger partial charge in [-0.1, -0.05) is 18.2 Å². The molecule has 1 unspecified atom stereocenters. The summed E-state index contributed by atoms with van der Waals surface area (Å²) in [5.41, 5.74) is 0.800. The van der Waals surface area contributed by atoms with Crippen LogP contribution in [0, 0.1) is 0 Å². The molecule has 0 aliphatic carbocycles. The van der Waals surface area contributed by atoms with Gasteiger partial charge in [-0.15, -0.1) is 0 Å². The molecule has 0 heterocycles. The third-order valence-corrected chi connectivity index (χ3v) is 5.65. The van der Waals surface area contributed by atoms with Crippen LogP contribution in [0.4, 0.5) is 11.4 Å². The quantitative estimate of drug-likeness (QED) is 0.781. The summed E-state index contributed by atoms with van der Waals surface area (Å²) in [6, 6.07) is 12.8. The minimum atomic E-state index is -4.03. The molecule has 2 aromatic rings. The lowest BCUT2D eigenvalue weighted by atomic mass is 10.3. The van der Waals surface area contributed by atoms with E-state index < -0.39 is 21.3 Å². The summed E-state index contributed by atoms with van der Waals surface area (Å²) in [5.74, 6) is -0.261. The standard InChI is InChI=1S/C17H17ClN2O4S/c1-12(17(18)22)20(15-6-4-3-5-7-15)25(23,24)16-10-8-14(9-11-16)19-13(2)21/h3-12H,1-2H3,(H,19,21). The summed E-state index contributed by atoms with van der Waals surface area (Å²) in [6.07, 6.45) is 0. The maximum absolute atomic E-state index is 13.0. The molecule has 2 aromatic carbocycles. The van der Waals surface area contributed by atoms with Crippen molar-refractivity contribution in [1.82, 2.24) is 0 Å². The SMILES string of the molecule is CC(=O)Nc1ccc(S(=O)(=O)N(c2ccccc2)C(C)C(=O)Cl)cc1. The van der Waals surface area contributed by atoms with Crippen LogP contribution in [0.25, 0.3) is 0 Å². The number of nitrogens with zero attached hydrogens (tertiary/aromatic N) is 1. The number of rotatable bonds is 6. The van der Waals surface area contributed by atoms with Crippen LogP contribution in [0.15, 0.2) is 59.5 Å². The molecule has 25 heavy (non-hydrogen) atoms. The first-order chi connectivity index (χ1) is 11.7. The Morgan fingerprint density at radius 2 is 1.60 bits per heavy atom. The number of para-hydroxylation sites is 1. The molecule has 1 atom stereocenters. The number of sulfonamides is 1. The summed E-state index contributed by atoms with van der Waals surface area (Å²) in [5, 5.41) is 1.77. The molecule has 0 aliphatic rings. The lowest BCUT2D eigenvalue weighted by Crippen LogP contribution is -2.42. The van der Waals surface area contributed by atoms with Gasteiger partial charge in [0.1, 0.15) is 6.04 Å². The Bertz CT molecular complexity index is 867. The average Bonchev–Trinajstić information content (AvgIpc) is 2.55. The number of carbonyl (C=O) groups is 2. The second-order valence-electron chi connectivity index (χ2n) is 5.32. The minimum Gasteiger partial charge on any atom is -0.326 e. The van der Waals surface area contributed by atoms with Crippen molar-refractivity contribution in [2.75, 3.05) is 9.62 Å². The van der Waals surface area contributed by atoms with Gasteiger partial charge in [0.25, 0.3) is 10.0 Å².